The average Bonchev–Trinajstić information content (AvgIpc) is 2.11. The van der Waals surface area contributed by atoms with Crippen LogP contribution in [-0.4, -0.2) is 21.3 Å². The highest BCUT2D eigenvalue weighted by atomic mass is 16.4. The van der Waals surface area contributed by atoms with Gasteiger partial charge in [0, 0.05) is 0 Å². The third-order valence-corrected chi connectivity index (χ3v) is 1.04. The van der Waals surface area contributed by atoms with Crippen LogP contribution in [0.25, 0.3) is 0 Å². The van der Waals surface area contributed by atoms with Crippen LogP contribution in [0.15, 0.2) is 0 Å². The average molecular weight is 142 g/mol. The van der Waals surface area contributed by atoms with E-state index in [1.54, 1.807) is 0 Å². The minimum absolute atomic E-state index is 0.0231. The molecule has 0 aliphatic carbocycles. The van der Waals surface area contributed by atoms with Gasteiger partial charge in [0.1, 0.15) is 11.4 Å². The van der Waals surface area contributed by atoms with E-state index in [1.165, 1.54) is 0 Å². The molecule has 0 aliphatic rings. The Bertz CT molecular complexity index is 247. The highest BCUT2D eigenvalue weighted by molar-refractivity contribution is 5.97. The summed E-state index contributed by atoms with van der Waals surface area (Å²) in [5.41, 5.74) is 10.1. The van der Waals surface area contributed by atoms with E-state index in [4.69, 9.17) is 16.6 Å². The number of nitrogens with two attached hydrogens (primary N) is 2. The second kappa shape index (κ2) is 1.90. The Labute approximate surface area is 55.8 Å². The Hall–Kier alpha value is -1.72. The number of carbonyl (C=O) groups is 1. The number of carboxylic acid groups (broad SMARTS) is 1. The standard InChI is InChI=1S/C4H6N4O2/c5-2-1(4(9)10)3(6)8-7-2/h(H,9,10)(H5,5,6,7,8). The van der Waals surface area contributed by atoms with E-state index in [-0.39, 0.29) is 17.2 Å². The number of carboxylic acids is 1. The Balaban J connectivity index is 3.23. The SMILES string of the molecule is Nc1n[nH]c(N)c1C(=O)O. The molecule has 1 aromatic rings. The zero-order chi connectivity index (χ0) is 7.72. The minimum atomic E-state index is -1.18. The van der Waals surface area contributed by atoms with Crippen molar-refractivity contribution in [2.24, 2.45) is 0 Å². The van der Waals surface area contributed by atoms with Gasteiger partial charge in [0.2, 0.25) is 0 Å². The molecule has 0 fully saturated rings. The summed E-state index contributed by atoms with van der Waals surface area (Å²) in [5, 5.41) is 14.0. The molecular formula is C4H6N4O2. The molecule has 10 heavy (non-hydrogen) atoms. The quantitative estimate of drug-likeness (QED) is 0.412. The summed E-state index contributed by atoms with van der Waals surface area (Å²) in [4.78, 5) is 10.3. The number of aromatic amines is 1. The zero-order valence-corrected chi connectivity index (χ0v) is 4.96. The van der Waals surface area contributed by atoms with Crippen molar-refractivity contribution in [2.45, 2.75) is 0 Å². The first-order valence-electron chi connectivity index (χ1n) is 2.45. The first-order valence-corrected chi connectivity index (χ1v) is 2.45. The molecule has 0 unspecified atom stereocenters. The molecule has 1 aromatic heterocycles. The van der Waals surface area contributed by atoms with Crippen LogP contribution >= 0.6 is 0 Å². The molecule has 6 nitrogen and oxygen atoms in total. The number of nitrogen functional groups attached to an aromatic ring is 2. The first kappa shape index (κ1) is 6.40. The summed E-state index contributed by atoms with van der Waals surface area (Å²) in [7, 11) is 0. The van der Waals surface area contributed by atoms with Crippen LogP contribution < -0.4 is 11.5 Å². The van der Waals surface area contributed by atoms with Crippen LogP contribution in [-0.2, 0) is 0 Å². The van der Waals surface area contributed by atoms with Crippen LogP contribution in [0.5, 0.6) is 0 Å². The van der Waals surface area contributed by atoms with Gasteiger partial charge in [-0.2, -0.15) is 5.10 Å². The number of H-pyrrole nitrogens is 1. The third-order valence-electron chi connectivity index (χ3n) is 1.04. The predicted molar refractivity (Wildman–Crippen MR) is 34.4 cm³/mol. The van der Waals surface area contributed by atoms with Crippen molar-refractivity contribution in [3.8, 4) is 0 Å². The molecule has 54 valence electrons. The van der Waals surface area contributed by atoms with Crippen LogP contribution in [0.4, 0.5) is 11.6 Å². The van der Waals surface area contributed by atoms with Crippen molar-refractivity contribution in [1.82, 2.24) is 10.2 Å². The molecule has 0 aromatic carbocycles. The topological polar surface area (TPSA) is 118 Å². The molecule has 0 atom stereocenters. The molecular weight excluding hydrogens is 136 g/mol. The largest absolute Gasteiger partial charge is 0.477 e. The maximum Gasteiger partial charge on any atom is 0.343 e. The molecule has 0 saturated heterocycles. The lowest BCUT2D eigenvalue weighted by Crippen LogP contribution is -2.02. The Morgan fingerprint density at radius 2 is 2.20 bits per heavy atom. The molecule has 6 N–H and O–H groups in total. The second-order valence-electron chi connectivity index (χ2n) is 1.70. The highest BCUT2D eigenvalue weighted by Crippen LogP contribution is 2.13. The number of hydrogen-bond acceptors (Lipinski definition) is 4. The molecule has 0 radical (unpaired) electrons. The summed E-state index contributed by atoms with van der Waals surface area (Å²) < 4.78 is 0. The highest BCUT2D eigenvalue weighted by Gasteiger charge is 2.14. The minimum Gasteiger partial charge on any atom is -0.477 e. The van der Waals surface area contributed by atoms with Gasteiger partial charge in [-0.3, -0.25) is 5.10 Å². The summed E-state index contributed by atoms with van der Waals surface area (Å²) in [6.45, 7) is 0. The van der Waals surface area contributed by atoms with Crippen LogP contribution in [0.1, 0.15) is 10.4 Å². The molecule has 1 rings (SSSR count). The fraction of sp³-hybridized carbons (Fsp3) is 0. The van der Waals surface area contributed by atoms with Crippen molar-refractivity contribution in [3.63, 3.8) is 0 Å². The van der Waals surface area contributed by atoms with Crippen molar-refractivity contribution in [2.75, 3.05) is 11.5 Å². The molecule has 0 amide bonds. The molecule has 6 heteroatoms. The van der Waals surface area contributed by atoms with Gasteiger partial charge in [-0.05, 0) is 0 Å². The van der Waals surface area contributed by atoms with Gasteiger partial charge >= 0.3 is 5.97 Å². The van der Waals surface area contributed by atoms with E-state index in [0.29, 0.717) is 0 Å². The number of anilines is 2. The van der Waals surface area contributed by atoms with Crippen LogP contribution in [0.2, 0.25) is 0 Å². The smallest absolute Gasteiger partial charge is 0.343 e. The number of nitrogens with one attached hydrogen (secondary N) is 1. The number of nitrogens with zero attached hydrogens (tertiary/aromatic N) is 1. The third kappa shape index (κ3) is 0.750. The predicted octanol–water partition coefficient (Wildman–Crippen LogP) is -0.728. The Kier molecular flexibility index (Phi) is 1.22. The molecule has 1 heterocycles. The van der Waals surface area contributed by atoms with Gasteiger partial charge in [-0.15, -0.1) is 0 Å². The van der Waals surface area contributed by atoms with Crippen LogP contribution in [0.3, 0.4) is 0 Å². The fourth-order valence-corrected chi connectivity index (χ4v) is 0.595. The normalized spacial score (nSPS) is 9.60. The van der Waals surface area contributed by atoms with Crippen molar-refractivity contribution >= 4 is 17.6 Å². The van der Waals surface area contributed by atoms with Crippen molar-refractivity contribution < 1.29 is 9.90 Å². The summed E-state index contributed by atoms with van der Waals surface area (Å²) in [6.07, 6.45) is 0. The van der Waals surface area contributed by atoms with Gasteiger partial charge in [-0.25, -0.2) is 4.79 Å². The molecule has 0 saturated carbocycles. The van der Waals surface area contributed by atoms with Gasteiger partial charge in [0.25, 0.3) is 0 Å². The maximum atomic E-state index is 10.3. The molecule has 0 spiro atoms. The number of aromatic nitrogens is 2. The van der Waals surface area contributed by atoms with E-state index in [9.17, 15) is 4.79 Å². The summed E-state index contributed by atoms with van der Waals surface area (Å²) in [6, 6.07) is 0. The van der Waals surface area contributed by atoms with Gasteiger partial charge < -0.3 is 16.6 Å². The zero-order valence-electron chi connectivity index (χ0n) is 4.96. The maximum absolute atomic E-state index is 10.3. The van der Waals surface area contributed by atoms with E-state index in [1.807, 2.05) is 0 Å². The number of aromatic carboxylic acids is 1. The summed E-state index contributed by atoms with van der Waals surface area (Å²) in [5.74, 6) is -1.29. The second-order valence-corrected chi connectivity index (χ2v) is 1.70. The van der Waals surface area contributed by atoms with E-state index >= 15 is 0 Å². The molecule has 0 bridgehead atoms. The number of hydrogen-bond donors (Lipinski definition) is 4. The molecule has 0 aliphatic heterocycles. The van der Waals surface area contributed by atoms with Crippen molar-refractivity contribution in [3.05, 3.63) is 5.56 Å². The van der Waals surface area contributed by atoms with Crippen LogP contribution in [0, 0.1) is 0 Å². The van der Waals surface area contributed by atoms with E-state index in [0.717, 1.165) is 0 Å². The fourth-order valence-electron chi connectivity index (χ4n) is 0.595. The number of rotatable bonds is 1. The monoisotopic (exact) mass is 142 g/mol. The van der Waals surface area contributed by atoms with Gasteiger partial charge in [0.05, 0.1) is 0 Å². The van der Waals surface area contributed by atoms with E-state index in [2.05, 4.69) is 10.2 Å². The van der Waals surface area contributed by atoms with Gasteiger partial charge in [0.15, 0.2) is 5.82 Å². The first-order chi connectivity index (χ1) is 4.63. The Morgan fingerprint density at radius 1 is 1.60 bits per heavy atom. The lowest BCUT2D eigenvalue weighted by molar-refractivity contribution is 0.0699. The lowest BCUT2D eigenvalue weighted by atomic mass is 10.3. The van der Waals surface area contributed by atoms with Gasteiger partial charge in [-0.1, -0.05) is 0 Å². The van der Waals surface area contributed by atoms with E-state index < -0.39 is 5.97 Å². The Morgan fingerprint density at radius 3 is 2.40 bits per heavy atom. The van der Waals surface area contributed by atoms with Crippen molar-refractivity contribution in [1.29, 1.82) is 0 Å². The summed E-state index contributed by atoms with van der Waals surface area (Å²) >= 11 is 0. The lowest BCUT2D eigenvalue weighted by Gasteiger charge is -1.89.